The number of piperidine rings is 1. The molecule has 1 saturated heterocycles. The molecule has 0 bridgehead atoms. The highest BCUT2D eigenvalue weighted by Gasteiger charge is 2.39. The summed E-state index contributed by atoms with van der Waals surface area (Å²) >= 11 is 0. The van der Waals surface area contributed by atoms with Gasteiger partial charge < -0.3 is 15.3 Å². The monoisotopic (exact) mass is 332 g/mol. The standard InChI is InChI=1S/C19H28N2O3/c1-3-16(10-13-22)20-18(24)19(2)11-7-12-21(14-19)17(23)15-8-5-4-6-9-15/h4-6,8-9,16,22H,3,7,10-14H2,1-2H3,(H,20,24). The van der Waals surface area contributed by atoms with Crippen LogP contribution in [0.2, 0.25) is 0 Å². The summed E-state index contributed by atoms with van der Waals surface area (Å²) in [6.07, 6.45) is 2.94. The van der Waals surface area contributed by atoms with E-state index >= 15 is 0 Å². The lowest BCUT2D eigenvalue weighted by Gasteiger charge is -2.40. The molecule has 2 unspecified atom stereocenters. The van der Waals surface area contributed by atoms with E-state index < -0.39 is 5.41 Å². The topological polar surface area (TPSA) is 69.6 Å². The number of carbonyl (C=O) groups is 2. The Morgan fingerprint density at radius 1 is 1.33 bits per heavy atom. The zero-order chi connectivity index (χ0) is 17.6. The molecule has 2 amide bonds. The minimum absolute atomic E-state index is 0.0143. The van der Waals surface area contributed by atoms with E-state index in [0.29, 0.717) is 25.1 Å². The van der Waals surface area contributed by atoms with Crippen LogP contribution in [0.3, 0.4) is 0 Å². The highest BCUT2D eigenvalue weighted by molar-refractivity contribution is 5.95. The third-order valence-corrected chi connectivity index (χ3v) is 4.86. The van der Waals surface area contributed by atoms with Crippen LogP contribution in [0, 0.1) is 5.41 Å². The molecule has 2 rings (SSSR count). The number of nitrogens with one attached hydrogen (secondary N) is 1. The van der Waals surface area contributed by atoms with Crippen LogP contribution < -0.4 is 5.32 Å². The van der Waals surface area contributed by atoms with E-state index in [4.69, 9.17) is 5.11 Å². The molecule has 5 nitrogen and oxygen atoms in total. The predicted octanol–water partition coefficient (Wildman–Crippen LogP) is 2.21. The minimum atomic E-state index is -0.578. The normalized spacial score (nSPS) is 22.0. The van der Waals surface area contributed by atoms with Crippen molar-refractivity contribution in [3.63, 3.8) is 0 Å². The van der Waals surface area contributed by atoms with Crippen LogP contribution >= 0.6 is 0 Å². The van der Waals surface area contributed by atoms with E-state index in [9.17, 15) is 9.59 Å². The molecule has 132 valence electrons. The van der Waals surface area contributed by atoms with Crippen LogP contribution in [0.15, 0.2) is 30.3 Å². The first-order valence-corrected chi connectivity index (χ1v) is 8.76. The van der Waals surface area contributed by atoms with Crippen molar-refractivity contribution in [3.05, 3.63) is 35.9 Å². The molecule has 1 aromatic carbocycles. The summed E-state index contributed by atoms with van der Waals surface area (Å²) in [4.78, 5) is 27.2. The van der Waals surface area contributed by atoms with Crippen molar-refractivity contribution in [1.82, 2.24) is 10.2 Å². The predicted molar refractivity (Wildman–Crippen MR) is 93.6 cm³/mol. The first-order chi connectivity index (χ1) is 11.5. The first-order valence-electron chi connectivity index (χ1n) is 8.76. The molecule has 0 radical (unpaired) electrons. The summed E-state index contributed by atoms with van der Waals surface area (Å²) < 4.78 is 0. The lowest BCUT2D eigenvalue weighted by Crippen LogP contribution is -2.53. The summed E-state index contributed by atoms with van der Waals surface area (Å²) in [5.74, 6) is -0.0370. The Kier molecular flexibility index (Phi) is 6.37. The summed E-state index contributed by atoms with van der Waals surface area (Å²) in [5, 5.41) is 12.1. The molecule has 0 spiro atoms. The van der Waals surface area contributed by atoms with Crippen molar-refractivity contribution in [1.29, 1.82) is 0 Å². The molecule has 5 heteroatoms. The fourth-order valence-electron chi connectivity index (χ4n) is 3.26. The first kappa shape index (κ1) is 18.5. The van der Waals surface area contributed by atoms with Gasteiger partial charge in [-0.05, 0) is 44.7 Å². The number of hydrogen-bond donors (Lipinski definition) is 2. The number of aliphatic hydroxyl groups excluding tert-OH is 1. The van der Waals surface area contributed by atoms with E-state index in [-0.39, 0.29) is 24.5 Å². The second-order valence-corrected chi connectivity index (χ2v) is 6.85. The molecule has 1 aliphatic rings. The summed E-state index contributed by atoms with van der Waals surface area (Å²) in [7, 11) is 0. The van der Waals surface area contributed by atoms with Crippen LogP contribution in [0.25, 0.3) is 0 Å². The zero-order valence-electron chi connectivity index (χ0n) is 14.6. The van der Waals surface area contributed by atoms with Gasteiger partial charge in [-0.2, -0.15) is 0 Å². The number of likely N-dealkylation sites (tertiary alicyclic amines) is 1. The highest BCUT2D eigenvalue weighted by atomic mass is 16.3. The average molecular weight is 332 g/mol. The number of amides is 2. The SMILES string of the molecule is CCC(CCO)NC(=O)C1(C)CCCN(C(=O)c2ccccc2)C1. The molecule has 0 saturated carbocycles. The molecular formula is C19H28N2O3. The van der Waals surface area contributed by atoms with Gasteiger partial charge in [0.2, 0.25) is 5.91 Å². The molecule has 2 atom stereocenters. The smallest absolute Gasteiger partial charge is 0.253 e. The lowest BCUT2D eigenvalue weighted by molar-refractivity contribution is -0.133. The van der Waals surface area contributed by atoms with Crippen molar-refractivity contribution in [3.8, 4) is 0 Å². The van der Waals surface area contributed by atoms with Crippen molar-refractivity contribution in [2.75, 3.05) is 19.7 Å². The molecule has 24 heavy (non-hydrogen) atoms. The van der Waals surface area contributed by atoms with Gasteiger partial charge in [-0.1, -0.05) is 25.1 Å². The highest BCUT2D eigenvalue weighted by Crippen LogP contribution is 2.31. The molecular weight excluding hydrogens is 304 g/mol. The van der Waals surface area contributed by atoms with Gasteiger partial charge in [-0.3, -0.25) is 9.59 Å². The van der Waals surface area contributed by atoms with Gasteiger partial charge in [0, 0.05) is 31.3 Å². The summed E-state index contributed by atoms with van der Waals surface area (Å²) in [6, 6.07) is 9.19. The molecule has 1 aromatic rings. The van der Waals surface area contributed by atoms with Crippen LogP contribution in [-0.2, 0) is 4.79 Å². The molecule has 1 fully saturated rings. The number of hydrogen-bond acceptors (Lipinski definition) is 3. The third-order valence-electron chi connectivity index (χ3n) is 4.86. The van der Waals surface area contributed by atoms with Gasteiger partial charge in [0.1, 0.15) is 0 Å². The van der Waals surface area contributed by atoms with Crippen LogP contribution in [0.1, 0.15) is 49.9 Å². The molecule has 0 aliphatic carbocycles. The minimum Gasteiger partial charge on any atom is -0.396 e. The quantitative estimate of drug-likeness (QED) is 0.839. The maximum absolute atomic E-state index is 12.7. The van der Waals surface area contributed by atoms with Gasteiger partial charge in [-0.15, -0.1) is 0 Å². The summed E-state index contributed by atoms with van der Waals surface area (Å²) in [5.41, 5.74) is 0.0832. The van der Waals surface area contributed by atoms with Gasteiger partial charge in [0.15, 0.2) is 0 Å². The molecule has 1 aliphatic heterocycles. The van der Waals surface area contributed by atoms with Crippen LogP contribution in [0.4, 0.5) is 0 Å². The van der Waals surface area contributed by atoms with Gasteiger partial charge in [0.25, 0.3) is 5.91 Å². The van der Waals surface area contributed by atoms with E-state index in [0.717, 1.165) is 19.3 Å². The number of aliphatic hydroxyl groups is 1. The second kappa shape index (κ2) is 8.29. The van der Waals surface area contributed by atoms with Crippen molar-refractivity contribution in [2.45, 2.75) is 45.6 Å². The average Bonchev–Trinajstić information content (AvgIpc) is 2.61. The van der Waals surface area contributed by atoms with Crippen molar-refractivity contribution >= 4 is 11.8 Å². The van der Waals surface area contributed by atoms with Gasteiger partial charge in [0.05, 0.1) is 5.41 Å². The van der Waals surface area contributed by atoms with Gasteiger partial charge >= 0.3 is 0 Å². The van der Waals surface area contributed by atoms with E-state index in [1.807, 2.05) is 44.2 Å². The number of rotatable bonds is 6. The van der Waals surface area contributed by atoms with Crippen molar-refractivity contribution < 1.29 is 14.7 Å². The van der Waals surface area contributed by atoms with Crippen molar-refractivity contribution in [2.24, 2.45) is 5.41 Å². The zero-order valence-corrected chi connectivity index (χ0v) is 14.6. The molecule has 2 N–H and O–H groups in total. The third kappa shape index (κ3) is 4.35. The molecule has 0 aromatic heterocycles. The maximum atomic E-state index is 12.7. The number of nitrogens with zero attached hydrogens (tertiary/aromatic N) is 1. The van der Waals surface area contributed by atoms with E-state index in [1.165, 1.54) is 0 Å². The van der Waals surface area contributed by atoms with Gasteiger partial charge in [-0.25, -0.2) is 0 Å². The number of carbonyl (C=O) groups excluding carboxylic acids is 2. The second-order valence-electron chi connectivity index (χ2n) is 6.85. The Morgan fingerprint density at radius 2 is 2.04 bits per heavy atom. The Bertz CT molecular complexity index is 561. The van der Waals surface area contributed by atoms with Crippen LogP contribution in [0.5, 0.6) is 0 Å². The number of benzene rings is 1. The Morgan fingerprint density at radius 3 is 2.67 bits per heavy atom. The summed E-state index contributed by atoms with van der Waals surface area (Å²) in [6.45, 7) is 5.11. The largest absolute Gasteiger partial charge is 0.396 e. The van der Waals surface area contributed by atoms with E-state index in [1.54, 1.807) is 4.90 Å². The Hall–Kier alpha value is -1.88. The Labute approximate surface area is 144 Å². The van der Waals surface area contributed by atoms with E-state index in [2.05, 4.69) is 5.32 Å². The van der Waals surface area contributed by atoms with Crippen LogP contribution in [-0.4, -0.2) is 47.6 Å². The lowest BCUT2D eigenvalue weighted by atomic mass is 9.80. The maximum Gasteiger partial charge on any atom is 0.253 e. The Balaban J connectivity index is 2.05. The fraction of sp³-hybridized carbons (Fsp3) is 0.579. The fourth-order valence-corrected chi connectivity index (χ4v) is 3.26. The molecule has 1 heterocycles.